The smallest absolute Gasteiger partial charge is 0.325 e. The molecule has 0 aliphatic heterocycles. The van der Waals surface area contributed by atoms with Crippen LogP contribution in [0.3, 0.4) is 0 Å². The maximum atomic E-state index is 12.2. The number of nitrogens with zero attached hydrogens (tertiary/aromatic N) is 2. The lowest BCUT2D eigenvalue weighted by Crippen LogP contribution is -2.23. The Hall–Kier alpha value is -1.54. The topological polar surface area (TPSA) is 79.8 Å². The van der Waals surface area contributed by atoms with Gasteiger partial charge in [0.15, 0.2) is 5.16 Å². The van der Waals surface area contributed by atoms with Crippen LogP contribution in [0, 0.1) is 0 Å². The van der Waals surface area contributed by atoms with Crippen molar-refractivity contribution in [1.29, 1.82) is 0 Å². The normalized spacial score (nSPS) is 15.5. The Bertz CT molecular complexity index is 736. The lowest BCUT2D eigenvalue weighted by Gasteiger charge is -2.12. The minimum atomic E-state index is -0.351. The molecule has 8 heteroatoms. The number of benzene rings is 1. The van der Waals surface area contributed by atoms with Crippen molar-refractivity contribution >= 4 is 39.3 Å². The van der Waals surface area contributed by atoms with Gasteiger partial charge < -0.3 is 5.32 Å². The molecule has 0 saturated heterocycles. The number of carbonyl (C=O) groups excluding carboxylic acids is 1. The summed E-state index contributed by atoms with van der Waals surface area (Å²) in [4.78, 5) is 24.0. The number of carbonyl (C=O) groups is 1. The van der Waals surface area contributed by atoms with Crippen LogP contribution in [0.2, 0.25) is 0 Å². The van der Waals surface area contributed by atoms with Crippen LogP contribution in [0.25, 0.3) is 0 Å². The summed E-state index contributed by atoms with van der Waals surface area (Å²) in [5.74, 6) is -0.120. The van der Waals surface area contributed by atoms with E-state index in [2.05, 4.69) is 31.4 Å². The lowest BCUT2D eigenvalue weighted by molar-refractivity contribution is -0.115. The van der Waals surface area contributed by atoms with Gasteiger partial charge in [0.2, 0.25) is 5.91 Å². The van der Waals surface area contributed by atoms with Gasteiger partial charge in [0.05, 0.1) is 5.25 Å². The summed E-state index contributed by atoms with van der Waals surface area (Å²) in [6.45, 7) is 1.80. The fraction of sp³-hybridized carbons (Fsp3) is 0.357. The van der Waals surface area contributed by atoms with Crippen molar-refractivity contribution in [2.75, 3.05) is 5.32 Å². The fourth-order valence-corrected chi connectivity index (χ4v) is 3.21. The lowest BCUT2D eigenvalue weighted by atomic mass is 10.3. The maximum Gasteiger partial charge on any atom is 0.344 e. The van der Waals surface area contributed by atoms with Gasteiger partial charge in [-0.2, -0.15) is 0 Å². The number of hydrogen-bond donors (Lipinski definition) is 2. The third-order valence-electron chi connectivity index (χ3n) is 3.35. The molecule has 1 atom stereocenters. The summed E-state index contributed by atoms with van der Waals surface area (Å²) in [5.41, 5.74) is 0.535. The molecular weight excluding hydrogens is 368 g/mol. The van der Waals surface area contributed by atoms with Crippen molar-refractivity contribution in [1.82, 2.24) is 14.8 Å². The average molecular weight is 383 g/mol. The quantitative estimate of drug-likeness (QED) is 0.779. The van der Waals surface area contributed by atoms with Crippen LogP contribution in [0.4, 0.5) is 5.69 Å². The average Bonchev–Trinajstić information content (AvgIpc) is 3.26. The Morgan fingerprint density at radius 1 is 1.45 bits per heavy atom. The molecule has 2 aromatic rings. The third kappa shape index (κ3) is 3.44. The molecule has 1 amide bonds. The standard InChI is InChI=1S/C14H15BrN4O2S/c1-8(12(20)16-10-4-2-9(15)3-5-10)22-14-18-17-13(21)19(14)11-6-7-11/h2-5,8,11H,6-7H2,1H3,(H,16,20)(H,17,21). The van der Waals surface area contributed by atoms with Gasteiger partial charge in [0, 0.05) is 16.2 Å². The SMILES string of the molecule is CC(Sc1n[nH]c(=O)n1C1CC1)C(=O)Nc1ccc(Br)cc1. The number of amides is 1. The molecule has 1 aliphatic carbocycles. The van der Waals surface area contributed by atoms with Crippen LogP contribution in [0.15, 0.2) is 38.7 Å². The molecule has 22 heavy (non-hydrogen) atoms. The Morgan fingerprint density at radius 3 is 2.77 bits per heavy atom. The maximum absolute atomic E-state index is 12.2. The molecule has 0 spiro atoms. The molecule has 6 nitrogen and oxygen atoms in total. The molecule has 1 saturated carbocycles. The summed E-state index contributed by atoms with van der Waals surface area (Å²) in [6.07, 6.45) is 1.99. The first kappa shape index (κ1) is 15.4. The van der Waals surface area contributed by atoms with Gasteiger partial charge in [-0.05, 0) is 44.0 Å². The van der Waals surface area contributed by atoms with Crippen LogP contribution in [0.1, 0.15) is 25.8 Å². The van der Waals surface area contributed by atoms with E-state index in [-0.39, 0.29) is 22.9 Å². The first-order valence-corrected chi connectivity index (χ1v) is 8.62. The van der Waals surface area contributed by atoms with Crippen LogP contribution in [-0.4, -0.2) is 25.9 Å². The van der Waals surface area contributed by atoms with Gasteiger partial charge in [0.25, 0.3) is 0 Å². The van der Waals surface area contributed by atoms with Crippen LogP contribution in [0.5, 0.6) is 0 Å². The van der Waals surface area contributed by atoms with Crippen LogP contribution in [-0.2, 0) is 4.79 Å². The van der Waals surface area contributed by atoms with E-state index in [1.54, 1.807) is 11.5 Å². The fourth-order valence-electron chi connectivity index (χ4n) is 2.02. The van der Waals surface area contributed by atoms with Gasteiger partial charge >= 0.3 is 5.69 Å². The molecule has 0 bridgehead atoms. The van der Waals surface area contributed by atoms with Gasteiger partial charge in [-0.25, -0.2) is 9.89 Å². The Balaban J connectivity index is 1.66. The first-order valence-electron chi connectivity index (χ1n) is 6.94. The van der Waals surface area contributed by atoms with Gasteiger partial charge in [-0.1, -0.05) is 27.7 Å². The molecule has 2 N–H and O–H groups in total. The van der Waals surface area contributed by atoms with Gasteiger partial charge in [0.1, 0.15) is 0 Å². The van der Waals surface area contributed by atoms with Crippen molar-refractivity contribution in [3.8, 4) is 0 Å². The minimum absolute atomic E-state index is 0.120. The molecular formula is C14H15BrN4O2S. The van der Waals surface area contributed by atoms with E-state index in [0.717, 1.165) is 23.0 Å². The third-order valence-corrected chi connectivity index (χ3v) is 4.94. The van der Waals surface area contributed by atoms with E-state index in [0.29, 0.717) is 5.16 Å². The number of thioether (sulfide) groups is 1. The molecule has 3 rings (SSSR count). The van der Waals surface area contributed by atoms with Crippen LogP contribution >= 0.6 is 27.7 Å². The number of aromatic amines is 1. The molecule has 0 radical (unpaired) electrons. The Kier molecular flexibility index (Phi) is 4.39. The highest BCUT2D eigenvalue weighted by Crippen LogP contribution is 2.36. The monoisotopic (exact) mass is 382 g/mol. The molecule has 116 valence electrons. The predicted octanol–water partition coefficient (Wildman–Crippen LogP) is 2.79. The molecule has 1 heterocycles. The molecule has 1 aliphatic rings. The van der Waals surface area contributed by atoms with E-state index in [1.807, 2.05) is 24.3 Å². The summed E-state index contributed by atoms with van der Waals surface area (Å²) in [6, 6.07) is 7.62. The summed E-state index contributed by atoms with van der Waals surface area (Å²) < 4.78 is 2.60. The largest absolute Gasteiger partial charge is 0.344 e. The second-order valence-corrected chi connectivity index (χ2v) is 7.39. The highest BCUT2D eigenvalue weighted by molar-refractivity contribution is 9.10. The zero-order valence-corrected chi connectivity index (χ0v) is 14.3. The van der Waals surface area contributed by atoms with Crippen molar-refractivity contribution in [2.45, 2.75) is 36.2 Å². The van der Waals surface area contributed by atoms with Gasteiger partial charge in [-0.3, -0.25) is 9.36 Å². The van der Waals surface area contributed by atoms with Crippen molar-refractivity contribution < 1.29 is 4.79 Å². The number of anilines is 1. The number of aromatic nitrogens is 3. The molecule has 1 unspecified atom stereocenters. The highest BCUT2D eigenvalue weighted by atomic mass is 79.9. The zero-order chi connectivity index (χ0) is 15.7. The van der Waals surface area contributed by atoms with Crippen molar-refractivity contribution in [3.63, 3.8) is 0 Å². The van der Waals surface area contributed by atoms with E-state index in [4.69, 9.17) is 0 Å². The second kappa shape index (κ2) is 6.29. The minimum Gasteiger partial charge on any atom is -0.325 e. The second-order valence-electron chi connectivity index (χ2n) is 5.17. The predicted molar refractivity (Wildman–Crippen MR) is 89.2 cm³/mol. The summed E-state index contributed by atoms with van der Waals surface area (Å²) >= 11 is 4.64. The Morgan fingerprint density at radius 2 is 2.14 bits per heavy atom. The number of hydrogen-bond acceptors (Lipinski definition) is 4. The van der Waals surface area contributed by atoms with E-state index < -0.39 is 0 Å². The zero-order valence-electron chi connectivity index (χ0n) is 11.9. The van der Waals surface area contributed by atoms with Crippen molar-refractivity contribution in [3.05, 3.63) is 39.2 Å². The molecule has 1 aromatic carbocycles. The number of H-pyrrole nitrogens is 1. The summed E-state index contributed by atoms with van der Waals surface area (Å²) in [5, 5.41) is 9.56. The van der Waals surface area contributed by atoms with E-state index in [9.17, 15) is 9.59 Å². The number of halogens is 1. The first-order chi connectivity index (χ1) is 10.5. The Labute approximate surface area is 139 Å². The highest BCUT2D eigenvalue weighted by Gasteiger charge is 2.30. The molecule has 1 fully saturated rings. The summed E-state index contributed by atoms with van der Waals surface area (Å²) in [7, 11) is 0. The van der Waals surface area contributed by atoms with E-state index >= 15 is 0 Å². The van der Waals surface area contributed by atoms with E-state index in [1.165, 1.54) is 11.8 Å². The molecule has 1 aromatic heterocycles. The van der Waals surface area contributed by atoms with Crippen LogP contribution < -0.4 is 11.0 Å². The number of rotatable bonds is 5. The van der Waals surface area contributed by atoms with Gasteiger partial charge in [-0.15, -0.1) is 5.10 Å². The van der Waals surface area contributed by atoms with Crippen molar-refractivity contribution in [2.24, 2.45) is 0 Å². The number of nitrogens with one attached hydrogen (secondary N) is 2.